The molecule has 1 saturated carbocycles. The minimum Gasteiger partial charge on any atom is -0.480 e. The number of carboxylic acids is 1. The van der Waals surface area contributed by atoms with Crippen molar-refractivity contribution in [1.29, 1.82) is 0 Å². The number of nitrogens with one attached hydrogen (secondary N) is 1. The summed E-state index contributed by atoms with van der Waals surface area (Å²) in [5.41, 5.74) is -0.276. The Kier molecular flexibility index (Phi) is 4.37. The maximum Gasteiger partial charge on any atom is 0.320 e. The lowest BCUT2D eigenvalue weighted by Gasteiger charge is -2.33. The molecule has 0 spiro atoms. The Balaban J connectivity index is 2.05. The molecule has 0 radical (unpaired) electrons. The normalized spacial score (nSPS) is 30.9. The first kappa shape index (κ1) is 15.3. The van der Waals surface area contributed by atoms with E-state index in [1.165, 1.54) is 6.42 Å². The first-order valence-electron chi connectivity index (χ1n) is 7.57. The van der Waals surface area contributed by atoms with Crippen LogP contribution in [0.25, 0.3) is 0 Å². The van der Waals surface area contributed by atoms with Crippen molar-refractivity contribution >= 4 is 11.9 Å². The van der Waals surface area contributed by atoms with E-state index in [0.29, 0.717) is 12.3 Å². The van der Waals surface area contributed by atoms with Gasteiger partial charge in [-0.05, 0) is 46.0 Å². The van der Waals surface area contributed by atoms with Crippen LogP contribution in [0.1, 0.15) is 52.9 Å². The van der Waals surface area contributed by atoms with Crippen LogP contribution in [0.3, 0.4) is 0 Å². The van der Waals surface area contributed by atoms with Gasteiger partial charge in [-0.3, -0.25) is 14.5 Å². The molecule has 0 aromatic carbocycles. The zero-order valence-corrected chi connectivity index (χ0v) is 12.7. The molecule has 0 aromatic rings. The highest BCUT2D eigenvalue weighted by Crippen LogP contribution is 2.39. The van der Waals surface area contributed by atoms with Gasteiger partial charge in [0.25, 0.3) is 0 Å². The van der Waals surface area contributed by atoms with Crippen molar-refractivity contribution in [2.24, 2.45) is 5.92 Å². The van der Waals surface area contributed by atoms with Crippen molar-refractivity contribution in [3.05, 3.63) is 0 Å². The first-order chi connectivity index (χ1) is 9.28. The molecule has 2 fully saturated rings. The molecule has 2 rings (SSSR count). The number of carboxylic acid groups (broad SMARTS) is 1. The molecular weight excluding hydrogens is 256 g/mol. The molecule has 1 amide bonds. The highest BCUT2D eigenvalue weighted by atomic mass is 16.4. The SMILES string of the molecule is CC(C)(C)NC(=O)CN1[C@H](C(=O)O)C[C@H]2CCCC[C@@H]21. The zero-order chi connectivity index (χ0) is 14.9. The molecule has 5 heteroatoms. The van der Waals surface area contributed by atoms with Crippen LogP contribution in [-0.2, 0) is 9.59 Å². The van der Waals surface area contributed by atoms with Crippen molar-refractivity contribution < 1.29 is 14.7 Å². The smallest absolute Gasteiger partial charge is 0.320 e. The Morgan fingerprint density at radius 2 is 1.90 bits per heavy atom. The fourth-order valence-electron chi connectivity index (χ4n) is 3.65. The first-order valence-corrected chi connectivity index (χ1v) is 7.57. The molecule has 5 nitrogen and oxygen atoms in total. The number of nitrogens with zero attached hydrogens (tertiary/aromatic N) is 1. The van der Waals surface area contributed by atoms with E-state index in [4.69, 9.17) is 0 Å². The molecule has 2 aliphatic rings. The minimum atomic E-state index is -0.789. The van der Waals surface area contributed by atoms with Gasteiger partial charge >= 0.3 is 5.97 Å². The average Bonchev–Trinajstić information content (AvgIpc) is 2.66. The molecule has 3 atom stereocenters. The maximum atomic E-state index is 12.1. The quantitative estimate of drug-likeness (QED) is 0.825. The van der Waals surface area contributed by atoms with Crippen molar-refractivity contribution in [2.75, 3.05) is 6.54 Å². The van der Waals surface area contributed by atoms with E-state index in [-0.39, 0.29) is 24.0 Å². The standard InChI is InChI=1S/C15H26N2O3/c1-15(2,3)16-13(18)9-17-11-7-5-4-6-10(11)8-12(17)14(19)20/h10-12H,4-9H2,1-3H3,(H,16,18)(H,19,20)/t10-,11+,12+/m1/s1. The van der Waals surface area contributed by atoms with Crippen molar-refractivity contribution in [2.45, 2.75) is 70.5 Å². The molecule has 0 bridgehead atoms. The Labute approximate surface area is 120 Å². The van der Waals surface area contributed by atoms with Crippen LogP contribution in [0.15, 0.2) is 0 Å². The molecule has 0 aromatic heterocycles. The van der Waals surface area contributed by atoms with E-state index in [1.54, 1.807) is 0 Å². The van der Waals surface area contributed by atoms with E-state index >= 15 is 0 Å². The van der Waals surface area contributed by atoms with Crippen LogP contribution in [-0.4, -0.2) is 46.1 Å². The molecule has 1 aliphatic carbocycles. The van der Waals surface area contributed by atoms with Gasteiger partial charge in [-0.25, -0.2) is 0 Å². The molecule has 1 heterocycles. The van der Waals surface area contributed by atoms with Crippen molar-refractivity contribution in [3.8, 4) is 0 Å². The highest BCUT2D eigenvalue weighted by Gasteiger charge is 2.45. The minimum absolute atomic E-state index is 0.0741. The number of fused-ring (bicyclic) bond motifs is 1. The fourth-order valence-corrected chi connectivity index (χ4v) is 3.65. The van der Waals surface area contributed by atoms with Crippen molar-refractivity contribution in [1.82, 2.24) is 10.2 Å². The zero-order valence-electron chi connectivity index (χ0n) is 12.7. The van der Waals surface area contributed by atoms with Crippen LogP contribution >= 0.6 is 0 Å². The number of aliphatic carboxylic acids is 1. The lowest BCUT2D eigenvalue weighted by atomic mass is 9.85. The van der Waals surface area contributed by atoms with Crippen LogP contribution in [0.5, 0.6) is 0 Å². The molecular formula is C15H26N2O3. The number of carbonyl (C=O) groups is 2. The summed E-state index contributed by atoms with van der Waals surface area (Å²) in [6.07, 6.45) is 5.16. The second-order valence-corrected chi connectivity index (χ2v) is 7.17. The summed E-state index contributed by atoms with van der Waals surface area (Å²) < 4.78 is 0. The molecule has 0 unspecified atom stereocenters. The maximum absolute atomic E-state index is 12.1. The van der Waals surface area contributed by atoms with E-state index in [9.17, 15) is 14.7 Å². The molecule has 20 heavy (non-hydrogen) atoms. The largest absolute Gasteiger partial charge is 0.480 e. The summed E-state index contributed by atoms with van der Waals surface area (Å²) in [6.45, 7) is 6.02. The second kappa shape index (κ2) is 5.72. The Morgan fingerprint density at radius 1 is 1.25 bits per heavy atom. The lowest BCUT2D eigenvalue weighted by molar-refractivity contribution is -0.143. The molecule has 114 valence electrons. The Bertz CT molecular complexity index is 389. The molecule has 1 saturated heterocycles. The number of hydrogen-bond donors (Lipinski definition) is 2. The third kappa shape index (κ3) is 3.51. The topological polar surface area (TPSA) is 69.6 Å². The number of carbonyl (C=O) groups excluding carboxylic acids is 1. The number of rotatable bonds is 3. The highest BCUT2D eigenvalue weighted by molar-refractivity contribution is 5.80. The molecule has 1 aliphatic heterocycles. The summed E-state index contributed by atoms with van der Waals surface area (Å²) in [4.78, 5) is 25.5. The Hall–Kier alpha value is -1.10. The summed E-state index contributed by atoms with van der Waals surface area (Å²) in [7, 11) is 0. The second-order valence-electron chi connectivity index (χ2n) is 7.17. The Morgan fingerprint density at radius 3 is 2.50 bits per heavy atom. The van der Waals surface area contributed by atoms with E-state index < -0.39 is 12.0 Å². The number of hydrogen-bond acceptors (Lipinski definition) is 3. The fraction of sp³-hybridized carbons (Fsp3) is 0.867. The van der Waals surface area contributed by atoms with Crippen LogP contribution < -0.4 is 5.32 Å². The van der Waals surface area contributed by atoms with Gasteiger partial charge in [-0.2, -0.15) is 0 Å². The van der Waals surface area contributed by atoms with Gasteiger partial charge < -0.3 is 10.4 Å². The number of likely N-dealkylation sites (tertiary alicyclic amines) is 1. The summed E-state index contributed by atoms with van der Waals surface area (Å²) in [6, 6.07) is -0.218. The van der Waals surface area contributed by atoms with Crippen molar-refractivity contribution in [3.63, 3.8) is 0 Å². The summed E-state index contributed by atoms with van der Waals surface area (Å²) in [5.74, 6) is -0.412. The van der Waals surface area contributed by atoms with E-state index in [2.05, 4.69) is 5.32 Å². The van der Waals surface area contributed by atoms with Gasteiger partial charge in [0.15, 0.2) is 0 Å². The van der Waals surface area contributed by atoms with Crippen LogP contribution in [0.2, 0.25) is 0 Å². The van der Waals surface area contributed by atoms with Crippen LogP contribution in [0, 0.1) is 5.92 Å². The average molecular weight is 282 g/mol. The van der Waals surface area contributed by atoms with Gasteiger partial charge in [-0.15, -0.1) is 0 Å². The molecule has 2 N–H and O–H groups in total. The summed E-state index contributed by atoms with van der Waals surface area (Å²) in [5, 5.41) is 12.3. The predicted molar refractivity (Wildman–Crippen MR) is 76.4 cm³/mol. The van der Waals surface area contributed by atoms with Gasteiger partial charge in [0, 0.05) is 11.6 Å². The van der Waals surface area contributed by atoms with E-state index in [1.807, 2.05) is 25.7 Å². The third-order valence-corrected chi connectivity index (χ3v) is 4.35. The van der Waals surface area contributed by atoms with Gasteiger partial charge in [0.1, 0.15) is 6.04 Å². The van der Waals surface area contributed by atoms with E-state index in [0.717, 1.165) is 19.3 Å². The lowest BCUT2D eigenvalue weighted by Crippen LogP contribution is -2.51. The van der Waals surface area contributed by atoms with Gasteiger partial charge in [-0.1, -0.05) is 12.8 Å². The van der Waals surface area contributed by atoms with Gasteiger partial charge in [0.2, 0.25) is 5.91 Å². The predicted octanol–water partition coefficient (Wildman–Crippen LogP) is 1.62. The summed E-state index contributed by atoms with van der Waals surface area (Å²) >= 11 is 0. The monoisotopic (exact) mass is 282 g/mol. The third-order valence-electron chi connectivity index (χ3n) is 4.35. The number of amides is 1. The van der Waals surface area contributed by atoms with Crippen LogP contribution in [0.4, 0.5) is 0 Å². The van der Waals surface area contributed by atoms with Gasteiger partial charge in [0.05, 0.1) is 6.54 Å².